The van der Waals surface area contributed by atoms with Crippen molar-refractivity contribution in [3.05, 3.63) is 58.6 Å². The average molecular weight is 471 g/mol. The minimum absolute atomic E-state index is 0.267. The lowest BCUT2D eigenvalue weighted by Gasteiger charge is -2.28. The van der Waals surface area contributed by atoms with E-state index in [4.69, 9.17) is 16.3 Å². The van der Waals surface area contributed by atoms with Crippen LogP contribution in [-0.2, 0) is 20.6 Å². The first-order valence-electron chi connectivity index (χ1n) is 9.37. The molecule has 0 saturated carbocycles. The number of nitrogens with one attached hydrogen (secondary N) is 1. The van der Waals surface area contributed by atoms with Gasteiger partial charge in [-0.1, -0.05) is 41.4 Å². The summed E-state index contributed by atoms with van der Waals surface area (Å²) in [5, 5.41) is 3.08. The van der Waals surface area contributed by atoms with Crippen LogP contribution in [0.15, 0.2) is 42.5 Å². The number of anilines is 1. The molecule has 2 aromatic carbocycles. The summed E-state index contributed by atoms with van der Waals surface area (Å²) in [6, 6.07) is 12.0. The second-order valence-electron chi connectivity index (χ2n) is 6.88. The summed E-state index contributed by atoms with van der Waals surface area (Å²) >= 11 is 7.84. The highest BCUT2D eigenvalue weighted by atomic mass is 35.5. The molecule has 0 radical (unpaired) electrons. The molecule has 6 nitrogen and oxygen atoms in total. The van der Waals surface area contributed by atoms with Gasteiger partial charge in [0.1, 0.15) is 11.8 Å². The molecule has 0 unspecified atom stereocenters. The van der Waals surface area contributed by atoms with Crippen LogP contribution >= 0.6 is 23.4 Å². The number of amides is 1. The molecule has 0 aliphatic carbocycles. The van der Waals surface area contributed by atoms with E-state index in [0.717, 1.165) is 22.1 Å². The van der Waals surface area contributed by atoms with E-state index in [1.807, 2.05) is 6.92 Å². The molecule has 0 spiro atoms. The molecule has 164 valence electrons. The van der Waals surface area contributed by atoms with Crippen molar-refractivity contribution in [1.29, 1.82) is 0 Å². The first-order chi connectivity index (χ1) is 14.1. The Bertz CT molecular complexity index is 965. The number of benzene rings is 2. The van der Waals surface area contributed by atoms with Crippen molar-refractivity contribution in [2.45, 2.75) is 25.6 Å². The van der Waals surface area contributed by atoms with Crippen LogP contribution in [0.25, 0.3) is 0 Å². The van der Waals surface area contributed by atoms with Crippen molar-refractivity contribution in [3.8, 4) is 5.75 Å². The summed E-state index contributed by atoms with van der Waals surface area (Å²) in [7, 11) is -2.23. The van der Waals surface area contributed by atoms with Gasteiger partial charge < -0.3 is 10.1 Å². The third kappa shape index (κ3) is 6.82. The molecular formula is C21H27ClN2O4S2. The number of carbonyl (C=O) groups is 1. The summed E-state index contributed by atoms with van der Waals surface area (Å²) in [5.74, 6) is 1.63. The Morgan fingerprint density at radius 2 is 1.90 bits per heavy atom. The Morgan fingerprint density at radius 1 is 1.23 bits per heavy atom. The number of halogens is 1. The van der Waals surface area contributed by atoms with E-state index in [2.05, 4.69) is 29.6 Å². The maximum absolute atomic E-state index is 12.6. The zero-order valence-electron chi connectivity index (χ0n) is 17.5. The van der Waals surface area contributed by atoms with Crippen LogP contribution in [0.3, 0.4) is 0 Å². The monoisotopic (exact) mass is 470 g/mol. The van der Waals surface area contributed by atoms with Crippen molar-refractivity contribution in [1.82, 2.24) is 5.32 Å². The third-order valence-corrected chi connectivity index (χ3v) is 6.98. The number of thioether (sulfide) groups is 1. The number of rotatable bonds is 10. The van der Waals surface area contributed by atoms with Crippen LogP contribution in [0.5, 0.6) is 5.75 Å². The fourth-order valence-corrected chi connectivity index (χ4v) is 5.11. The predicted molar refractivity (Wildman–Crippen MR) is 125 cm³/mol. The number of hydrogen-bond acceptors (Lipinski definition) is 5. The average Bonchev–Trinajstić information content (AvgIpc) is 2.68. The number of aryl methyl sites for hydroxylation is 1. The molecule has 30 heavy (non-hydrogen) atoms. The zero-order valence-corrected chi connectivity index (χ0v) is 19.9. The molecule has 0 heterocycles. The van der Waals surface area contributed by atoms with E-state index in [0.29, 0.717) is 18.0 Å². The van der Waals surface area contributed by atoms with E-state index in [-0.39, 0.29) is 10.9 Å². The Labute approximate surface area is 188 Å². The molecule has 0 aromatic heterocycles. The molecule has 1 amide bonds. The second-order valence-corrected chi connectivity index (χ2v) is 10.3. The first kappa shape index (κ1) is 24.4. The van der Waals surface area contributed by atoms with Gasteiger partial charge in [-0.25, -0.2) is 8.42 Å². The Hall–Kier alpha value is -1.90. The summed E-state index contributed by atoms with van der Waals surface area (Å²) in [6.07, 6.45) is 1.06. The highest BCUT2D eigenvalue weighted by Gasteiger charge is 2.29. The van der Waals surface area contributed by atoms with Crippen LogP contribution in [-0.4, -0.2) is 46.0 Å². The van der Waals surface area contributed by atoms with Gasteiger partial charge >= 0.3 is 0 Å². The fraction of sp³-hybridized carbons (Fsp3) is 0.381. The summed E-state index contributed by atoms with van der Waals surface area (Å²) in [6.45, 7) is 4.04. The third-order valence-electron chi connectivity index (χ3n) is 4.41. The normalized spacial score (nSPS) is 12.3. The minimum atomic E-state index is -3.71. The highest BCUT2D eigenvalue weighted by molar-refractivity contribution is 7.98. The molecule has 1 atom stereocenters. The quantitative estimate of drug-likeness (QED) is 0.533. The van der Waals surface area contributed by atoms with Crippen molar-refractivity contribution < 1.29 is 17.9 Å². The fourth-order valence-electron chi connectivity index (χ4n) is 2.87. The van der Waals surface area contributed by atoms with E-state index in [1.54, 1.807) is 30.8 Å². The molecule has 0 fully saturated rings. The molecule has 0 aliphatic heterocycles. The van der Waals surface area contributed by atoms with Crippen LogP contribution in [0.1, 0.15) is 18.1 Å². The SMILES string of the molecule is COc1ccc(N([C@@H](C)C(=O)NCCSCc2ccc(C)cc2)S(C)(=O)=O)cc1Cl. The van der Waals surface area contributed by atoms with Gasteiger partial charge in [0.2, 0.25) is 15.9 Å². The van der Waals surface area contributed by atoms with Gasteiger partial charge in [0.25, 0.3) is 0 Å². The topological polar surface area (TPSA) is 75.7 Å². The molecule has 9 heteroatoms. The van der Waals surface area contributed by atoms with Gasteiger partial charge in [-0.05, 0) is 37.6 Å². The van der Waals surface area contributed by atoms with Gasteiger partial charge in [-0.15, -0.1) is 0 Å². The molecule has 1 N–H and O–H groups in total. The minimum Gasteiger partial charge on any atom is -0.495 e. The zero-order chi connectivity index (χ0) is 22.3. The van der Waals surface area contributed by atoms with Gasteiger partial charge in [0.05, 0.1) is 24.1 Å². The van der Waals surface area contributed by atoms with Crippen molar-refractivity contribution in [3.63, 3.8) is 0 Å². The lowest BCUT2D eigenvalue weighted by molar-refractivity contribution is -0.121. The molecule has 2 rings (SSSR count). The smallest absolute Gasteiger partial charge is 0.243 e. The van der Waals surface area contributed by atoms with Crippen LogP contribution < -0.4 is 14.4 Å². The molecule has 2 aromatic rings. The summed E-state index contributed by atoms with van der Waals surface area (Å²) < 4.78 is 30.9. The number of carbonyl (C=O) groups excluding carboxylic acids is 1. The van der Waals surface area contributed by atoms with Gasteiger partial charge in [0, 0.05) is 18.1 Å². The second kappa shape index (κ2) is 10.9. The molecular weight excluding hydrogens is 444 g/mol. The van der Waals surface area contributed by atoms with Gasteiger partial charge in [0.15, 0.2) is 0 Å². The van der Waals surface area contributed by atoms with Crippen LogP contribution in [0.2, 0.25) is 5.02 Å². The number of nitrogens with zero attached hydrogens (tertiary/aromatic N) is 1. The maximum atomic E-state index is 12.6. The van der Waals surface area contributed by atoms with E-state index in [9.17, 15) is 13.2 Å². The van der Waals surface area contributed by atoms with Gasteiger partial charge in [-0.2, -0.15) is 11.8 Å². The Balaban J connectivity index is 1.95. The van der Waals surface area contributed by atoms with E-state index in [1.165, 1.54) is 24.3 Å². The van der Waals surface area contributed by atoms with Crippen LogP contribution in [0, 0.1) is 6.92 Å². The number of sulfonamides is 1. The van der Waals surface area contributed by atoms with Crippen LogP contribution in [0.4, 0.5) is 5.69 Å². The lowest BCUT2D eigenvalue weighted by Crippen LogP contribution is -2.48. The van der Waals surface area contributed by atoms with E-state index >= 15 is 0 Å². The molecule has 0 aliphatic rings. The summed E-state index contributed by atoms with van der Waals surface area (Å²) in [4.78, 5) is 12.6. The highest BCUT2D eigenvalue weighted by Crippen LogP contribution is 2.31. The first-order valence-corrected chi connectivity index (χ1v) is 12.8. The molecule has 0 saturated heterocycles. The number of methoxy groups -OCH3 is 1. The van der Waals surface area contributed by atoms with Crippen molar-refractivity contribution in [2.24, 2.45) is 0 Å². The number of hydrogen-bond donors (Lipinski definition) is 1. The molecule has 0 bridgehead atoms. The van der Waals surface area contributed by atoms with Gasteiger partial charge in [-0.3, -0.25) is 9.10 Å². The Kier molecular flexibility index (Phi) is 8.88. The van der Waals surface area contributed by atoms with Crippen molar-refractivity contribution in [2.75, 3.05) is 30.0 Å². The standard InChI is InChI=1S/C21H27ClN2O4S2/c1-15-5-7-17(8-6-15)14-29-12-11-23-21(25)16(2)24(30(4,26)27)18-9-10-20(28-3)19(22)13-18/h5-10,13,16H,11-12,14H2,1-4H3,(H,23,25)/t16-/m0/s1. The van der Waals surface area contributed by atoms with E-state index < -0.39 is 16.1 Å². The lowest BCUT2D eigenvalue weighted by atomic mass is 10.2. The number of ether oxygens (including phenoxy) is 1. The Morgan fingerprint density at radius 3 is 2.47 bits per heavy atom. The largest absolute Gasteiger partial charge is 0.495 e. The maximum Gasteiger partial charge on any atom is 0.243 e. The van der Waals surface area contributed by atoms with Crippen molar-refractivity contribution >= 4 is 45.0 Å². The predicted octanol–water partition coefficient (Wildman–Crippen LogP) is 3.86. The summed E-state index contributed by atoms with van der Waals surface area (Å²) in [5.41, 5.74) is 2.75.